The number of nitrogens with one attached hydrogen (secondary N) is 1. The maximum absolute atomic E-state index is 12.5. The van der Waals surface area contributed by atoms with E-state index in [4.69, 9.17) is 9.47 Å². The zero-order valence-electron chi connectivity index (χ0n) is 17.6. The lowest BCUT2D eigenvalue weighted by atomic mass is 10.2. The van der Waals surface area contributed by atoms with Crippen LogP contribution in [0.1, 0.15) is 10.4 Å². The van der Waals surface area contributed by atoms with E-state index in [0.717, 1.165) is 11.3 Å². The van der Waals surface area contributed by atoms with E-state index in [0.29, 0.717) is 17.4 Å². The molecule has 4 aromatic rings. The number of aromatic nitrogens is 5. The van der Waals surface area contributed by atoms with Crippen LogP contribution in [0.25, 0.3) is 11.3 Å². The Hall–Kier alpha value is -4.47. The highest BCUT2D eigenvalue weighted by molar-refractivity contribution is 6.03. The second kappa shape index (κ2) is 8.72. The van der Waals surface area contributed by atoms with Gasteiger partial charge in [0.05, 0.1) is 25.2 Å². The summed E-state index contributed by atoms with van der Waals surface area (Å²) in [5, 5.41) is 6.75. The van der Waals surface area contributed by atoms with E-state index in [9.17, 15) is 9.59 Å². The number of anilines is 1. The smallest absolute Gasteiger partial charge is 0.265 e. The quantitative estimate of drug-likeness (QED) is 0.498. The summed E-state index contributed by atoms with van der Waals surface area (Å²) in [5.41, 5.74) is 1.12. The van der Waals surface area contributed by atoms with Crippen molar-refractivity contribution in [3.63, 3.8) is 0 Å². The summed E-state index contributed by atoms with van der Waals surface area (Å²) in [6.45, 7) is 0. The minimum absolute atomic E-state index is 0.0184. The van der Waals surface area contributed by atoms with Gasteiger partial charge in [-0.1, -0.05) is 0 Å². The maximum atomic E-state index is 12.5. The van der Waals surface area contributed by atoms with Gasteiger partial charge in [0.15, 0.2) is 5.88 Å². The summed E-state index contributed by atoms with van der Waals surface area (Å²) in [6, 6.07) is 9.75. The fourth-order valence-electron chi connectivity index (χ4n) is 3.02. The van der Waals surface area contributed by atoms with Crippen LogP contribution < -0.4 is 20.3 Å². The van der Waals surface area contributed by atoms with E-state index >= 15 is 0 Å². The first kappa shape index (κ1) is 20.8. The highest BCUT2D eigenvalue weighted by Gasteiger charge is 2.14. The highest BCUT2D eigenvalue weighted by Crippen LogP contribution is 2.25. The second-order valence-corrected chi connectivity index (χ2v) is 6.87. The van der Waals surface area contributed by atoms with Crippen LogP contribution in [0.5, 0.6) is 17.4 Å². The normalized spacial score (nSPS) is 10.6. The predicted molar refractivity (Wildman–Crippen MR) is 117 cm³/mol. The molecule has 4 heterocycles. The van der Waals surface area contributed by atoms with Crippen LogP contribution in [0.2, 0.25) is 0 Å². The number of aryl methyl sites for hydroxylation is 1. The topological polar surface area (TPSA) is 113 Å². The van der Waals surface area contributed by atoms with Gasteiger partial charge in [-0.05, 0) is 30.3 Å². The van der Waals surface area contributed by atoms with Crippen LogP contribution in [0.15, 0.2) is 66.0 Å². The van der Waals surface area contributed by atoms with Crippen LogP contribution in [-0.2, 0) is 14.1 Å². The number of hydrogen-bond donors (Lipinski definition) is 1. The Morgan fingerprint density at radius 2 is 1.88 bits per heavy atom. The van der Waals surface area contributed by atoms with Crippen molar-refractivity contribution in [1.82, 2.24) is 24.3 Å². The molecule has 0 aliphatic rings. The number of hydrogen-bond acceptors (Lipinski definition) is 7. The summed E-state index contributed by atoms with van der Waals surface area (Å²) in [7, 11) is 4.82. The average molecular weight is 432 g/mol. The lowest BCUT2D eigenvalue weighted by Crippen LogP contribution is -2.28. The van der Waals surface area contributed by atoms with Gasteiger partial charge in [0.1, 0.15) is 22.9 Å². The van der Waals surface area contributed by atoms with E-state index < -0.39 is 11.5 Å². The van der Waals surface area contributed by atoms with Crippen LogP contribution in [-0.4, -0.2) is 37.3 Å². The van der Waals surface area contributed by atoms with E-state index in [1.807, 2.05) is 13.2 Å². The summed E-state index contributed by atoms with van der Waals surface area (Å²) in [6.07, 6.45) is 6.71. The highest BCUT2D eigenvalue weighted by atomic mass is 16.5. The second-order valence-electron chi connectivity index (χ2n) is 6.87. The zero-order chi connectivity index (χ0) is 22.7. The molecule has 1 N–H and O–H groups in total. The molecule has 0 spiro atoms. The summed E-state index contributed by atoms with van der Waals surface area (Å²) in [5.74, 6) is 1.13. The van der Waals surface area contributed by atoms with Crippen molar-refractivity contribution in [2.75, 3.05) is 12.4 Å². The fourth-order valence-corrected chi connectivity index (χ4v) is 3.02. The predicted octanol–water partition coefficient (Wildman–Crippen LogP) is 2.63. The zero-order valence-corrected chi connectivity index (χ0v) is 17.6. The molecule has 0 bridgehead atoms. The van der Waals surface area contributed by atoms with Gasteiger partial charge in [-0.15, -0.1) is 0 Å². The van der Waals surface area contributed by atoms with E-state index in [-0.39, 0.29) is 11.4 Å². The Bertz CT molecular complexity index is 1330. The number of ether oxygens (including phenoxy) is 2. The van der Waals surface area contributed by atoms with Crippen LogP contribution in [0.3, 0.4) is 0 Å². The van der Waals surface area contributed by atoms with Gasteiger partial charge >= 0.3 is 0 Å². The molecule has 0 fully saturated rings. The van der Waals surface area contributed by atoms with Crippen molar-refractivity contribution in [1.29, 1.82) is 0 Å². The third-order valence-electron chi connectivity index (χ3n) is 4.66. The standard InChI is InChI=1S/C22H20N6O4/c1-27-13-14(11-25-27)18-10-15(8-9-23-18)32-16-4-6-19(24-12-16)26-21(29)17-5-7-20(31-3)28(2)22(17)30/h4-13H,1-3H3,(H,24,26,29). The Kier molecular flexibility index (Phi) is 5.67. The molecular formula is C22H20N6O4. The lowest BCUT2D eigenvalue weighted by Gasteiger charge is -2.10. The van der Waals surface area contributed by atoms with Crippen molar-refractivity contribution in [2.45, 2.75) is 0 Å². The van der Waals surface area contributed by atoms with E-state index in [1.165, 1.54) is 31.0 Å². The van der Waals surface area contributed by atoms with Gasteiger partial charge in [0.2, 0.25) is 0 Å². The Labute approximate surface area is 183 Å². The fraction of sp³-hybridized carbons (Fsp3) is 0.136. The molecule has 0 saturated heterocycles. The molecule has 0 aromatic carbocycles. The Morgan fingerprint density at radius 1 is 1.03 bits per heavy atom. The number of pyridine rings is 3. The van der Waals surface area contributed by atoms with Crippen LogP contribution >= 0.6 is 0 Å². The van der Waals surface area contributed by atoms with Gasteiger partial charge in [0, 0.05) is 38.1 Å². The number of amides is 1. The number of carbonyl (C=O) groups is 1. The molecule has 162 valence electrons. The molecule has 4 rings (SSSR count). The molecule has 4 aromatic heterocycles. The van der Waals surface area contributed by atoms with Gasteiger partial charge < -0.3 is 14.8 Å². The Balaban J connectivity index is 1.45. The monoisotopic (exact) mass is 432 g/mol. The molecule has 0 aliphatic heterocycles. The lowest BCUT2D eigenvalue weighted by molar-refractivity contribution is 0.102. The minimum Gasteiger partial charge on any atom is -0.482 e. The van der Waals surface area contributed by atoms with Gasteiger partial charge in [0.25, 0.3) is 11.5 Å². The molecule has 0 unspecified atom stereocenters. The molecule has 0 radical (unpaired) electrons. The van der Waals surface area contributed by atoms with Gasteiger partial charge in [-0.25, -0.2) is 4.98 Å². The summed E-state index contributed by atoms with van der Waals surface area (Å²) >= 11 is 0. The van der Waals surface area contributed by atoms with Crippen molar-refractivity contribution in [3.05, 3.63) is 77.1 Å². The molecule has 0 aliphatic carbocycles. The van der Waals surface area contributed by atoms with Gasteiger partial charge in [-0.2, -0.15) is 5.10 Å². The van der Waals surface area contributed by atoms with Gasteiger partial charge in [-0.3, -0.25) is 23.8 Å². The molecule has 10 nitrogen and oxygen atoms in total. The van der Waals surface area contributed by atoms with E-state index in [1.54, 1.807) is 47.4 Å². The first-order valence-corrected chi connectivity index (χ1v) is 9.59. The first-order valence-electron chi connectivity index (χ1n) is 9.59. The van der Waals surface area contributed by atoms with Crippen LogP contribution in [0, 0.1) is 0 Å². The number of methoxy groups -OCH3 is 1. The van der Waals surface area contributed by atoms with Crippen LogP contribution in [0.4, 0.5) is 5.82 Å². The third-order valence-corrected chi connectivity index (χ3v) is 4.66. The largest absolute Gasteiger partial charge is 0.482 e. The number of nitrogens with zero attached hydrogens (tertiary/aromatic N) is 5. The molecule has 32 heavy (non-hydrogen) atoms. The van der Waals surface area contributed by atoms with E-state index in [2.05, 4.69) is 20.4 Å². The summed E-state index contributed by atoms with van der Waals surface area (Å²) in [4.78, 5) is 33.3. The van der Waals surface area contributed by atoms with Crippen molar-refractivity contribution in [2.24, 2.45) is 14.1 Å². The van der Waals surface area contributed by atoms with Crippen molar-refractivity contribution < 1.29 is 14.3 Å². The first-order chi connectivity index (χ1) is 15.4. The van der Waals surface area contributed by atoms with Crippen molar-refractivity contribution in [3.8, 4) is 28.6 Å². The average Bonchev–Trinajstić information content (AvgIpc) is 3.23. The molecule has 10 heteroatoms. The maximum Gasteiger partial charge on any atom is 0.265 e. The molecule has 0 saturated carbocycles. The molecule has 1 amide bonds. The SMILES string of the molecule is COc1ccc(C(=O)Nc2ccc(Oc3ccnc(-c4cnn(C)c4)c3)cn2)c(=O)n1C. The molecular weight excluding hydrogens is 412 g/mol. The number of rotatable bonds is 6. The Morgan fingerprint density at radius 3 is 2.56 bits per heavy atom. The summed E-state index contributed by atoms with van der Waals surface area (Å²) < 4.78 is 13.9. The third kappa shape index (κ3) is 4.33. The minimum atomic E-state index is -0.565. The number of carbonyl (C=O) groups excluding carboxylic acids is 1. The molecule has 0 atom stereocenters. The van der Waals surface area contributed by atoms with Crippen molar-refractivity contribution >= 4 is 11.7 Å².